The van der Waals surface area contributed by atoms with Crippen molar-refractivity contribution in [3.05, 3.63) is 33.8 Å². The summed E-state index contributed by atoms with van der Waals surface area (Å²) in [7, 11) is 0. The van der Waals surface area contributed by atoms with Crippen molar-refractivity contribution in [1.82, 2.24) is 5.32 Å². The van der Waals surface area contributed by atoms with Crippen LogP contribution in [-0.2, 0) is 11.2 Å². The molecule has 0 spiro atoms. The molecular formula is C12H16Cl2N2O. The molecule has 1 amide bonds. The van der Waals surface area contributed by atoms with Gasteiger partial charge in [0.2, 0.25) is 5.91 Å². The van der Waals surface area contributed by atoms with E-state index in [0.717, 1.165) is 5.56 Å². The van der Waals surface area contributed by atoms with Crippen LogP contribution in [0.5, 0.6) is 0 Å². The van der Waals surface area contributed by atoms with E-state index in [4.69, 9.17) is 28.9 Å². The highest BCUT2D eigenvalue weighted by atomic mass is 35.5. The second-order valence-corrected chi connectivity index (χ2v) is 5.31. The van der Waals surface area contributed by atoms with Gasteiger partial charge < -0.3 is 11.1 Å². The fourth-order valence-electron chi connectivity index (χ4n) is 1.26. The lowest BCUT2D eigenvalue weighted by Gasteiger charge is -2.17. The molecule has 0 aromatic heterocycles. The first-order chi connectivity index (χ1) is 7.80. The Hall–Kier alpha value is -0.770. The van der Waals surface area contributed by atoms with Crippen molar-refractivity contribution in [1.29, 1.82) is 0 Å². The van der Waals surface area contributed by atoms with Crippen LogP contribution in [0.2, 0.25) is 10.0 Å². The number of benzene rings is 1. The van der Waals surface area contributed by atoms with Gasteiger partial charge in [0.25, 0.3) is 0 Å². The van der Waals surface area contributed by atoms with Crippen molar-refractivity contribution >= 4 is 29.1 Å². The van der Waals surface area contributed by atoms with Gasteiger partial charge in [0, 0.05) is 16.6 Å². The van der Waals surface area contributed by atoms with Crippen LogP contribution in [0, 0.1) is 0 Å². The van der Waals surface area contributed by atoms with Gasteiger partial charge in [0.15, 0.2) is 0 Å². The maximum atomic E-state index is 11.5. The minimum Gasteiger partial charge on any atom is -0.354 e. The SMILES string of the molecule is CC(C)(N)C(=O)NCCc1ccc(Cl)cc1Cl. The molecule has 0 aliphatic carbocycles. The predicted octanol–water partition coefficient (Wildman–Crippen LogP) is 2.39. The van der Waals surface area contributed by atoms with Gasteiger partial charge >= 0.3 is 0 Å². The molecule has 0 saturated carbocycles. The van der Waals surface area contributed by atoms with Gasteiger partial charge in [-0.1, -0.05) is 29.3 Å². The van der Waals surface area contributed by atoms with Gasteiger partial charge in [-0.3, -0.25) is 4.79 Å². The Morgan fingerprint density at radius 3 is 2.59 bits per heavy atom. The van der Waals surface area contributed by atoms with E-state index >= 15 is 0 Å². The Balaban J connectivity index is 2.49. The number of rotatable bonds is 4. The normalized spacial score (nSPS) is 11.4. The van der Waals surface area contributed by atoms with E-state index in [1.807, 2.05) is 6.07 Å². The predicted molar refractivity (Wildman–Crippen MR) is 71.4 cm³/mol. The molecule has 94 valence electrons. The van der Waals surface area contributed by atoms with Crippen LogP contribution in [0.15, 0.2) is 18.2 Å². The largest absolute Gasteiger partial charge is 0.354 e. The quantitative estimate of drug-likeness (QED) is 0.886. The minimum absolute atomic E-state index is 0.178. The number of halogens is 2. The summed E-state index contributed by atoms with van der Waals surface area (Å²) in [6.07, 6.45) is 0.651. The smallest absolute Gasteiger partial charge is 0.239 e. The first-order valence-corrected chi connectivity index (χ1v) is 6.07. The highest BCUT2D eigenvalue weighted by Crippen LogP contribution is 2.21. The molecule has 0 fully saturated rings. The number of nitrogens with one attached hydrogen (secondary N) is 1. The highest BCUT2D eigenvalue weighted by molar-refractivity contribution is 6.35. The molecule has 5 heteroatoms. The second kappa shape index (κ2) is 5.71. The molecule has 0 atom stereocenters. The third kappa shape index (κ3) is 4.54. The molecule has 0 aliphatic heterocycles. The van der Waals surface area contributed by atoms with E-state index in [2.05, 4.69) is 5.32 Å². The number of carbonyl (C=O) groups excluding carboxylic acids is 1. The average Bonchev–Trinajstić information content (AvgIpc) is 2.19. The summed E-state index contributed by atoms with van der Waals surface area (Å²) in [6, 6.07) is 5.31. The fraction of sp³-hybridized carbons (Fsp3) is 0.417. The van der Waals surface area contributed by atoms with Crippen molar-refractivity contribution in [2.45, 2.75) is 25.8 Å². The maximum absolute atomic E-state index is 11.5. The summed E-state index contributed by atoms with van der Waals surface area (Å²) in [4.78, 5) is 11.5. The van der Waals surface area contributed by atoms with Crippen molar-refractivity contribution < 1.29 is 4.79 Å². The van der Waals surface area contributed by atoms with Gasteiger partial charge in [0.05, 0.1) is 5.54 Å². The monoisotopic (exact) mass is 274 g/mol. The number of carbonyl (C=O) groups is 1. The summed E-state index contributed by atoms with van der Waals surface area (Å²) < 4.78 is 0. The minimum atomic E-state index is -0.857. The molecule has 0 saturated heterocycles. The molecule has 0 bridgehead atoms. The average molecular weight is 275 g/mol. The zero-order valence-corrected chi connectivity index (χ0v) is 11.4. The van der Waals surface area contributed by atoms with Crippen LogP contribution >= 0.6 is 23.2 Å². The molecule has 0 aliphatic rings. The van der Waals surface area contributed by atoms with Crippen LogP contribution in [0.1, 0.15) is 19.4 Å². The number of amides is 1. The van der Waals surface area contributed by atoms with Gasteiger partial charge in [-0.15, -0.1) is 0 Å². The topological polar surface area (TPSA) is 55.1 Å². The van der Waals surface area contributed by atoms with Crippen LogP contribution in [0.3, 0.4) is 0 Å². The van der Waals surface area contributed by atoms with Gasteiger partial charge in [-0.05, 0) is 38.0 Å². The van der Waals surface area contributed by atoms with Gasteiger partial charge in [0.1, 0.15) is 0 Å². The summed E-state index contributed by atoms with van der Waals surface area (Å²) in [5, 5.41) is 3.97. The first kappa shape index (κ1) is 14.3. The summed E-state index contributed by atoms with van der Waals surface area (Å²) in [5.41, 5.74) is 5.75. The number of hydrogen-bond donors (Lipinski definition) is 2. The first-order valence-electron chi connectivity index (χ1n) is 5.32. The lowest BCUT2D eigenvalue weighted by atomic mass is 10.1. The molecule has 3 N–H and O–H groups in total. The van der Waals surface area contributed by atoms with E-state index in [9.17, 15) is 4.79 Å². The molecular weight excluding hydrogens is 259 g/mol. The fourth-order valence-corrected chi connectivity index (χ4v) is 1.77. The molecule has 17 heavy (non-hydrogen) atoms. The molecule has 0 radical (unpaired) electrons. The Morgan fingerprint density at radius 2 is 2.06 bits per heavy atom. The Bertz CT molecular complexity index is 413. The maximum Gasteiger partial charge on any atom is 0.239 e. The van der Waals surface area contributed by atoms with Crippen LogP contribution in [-0.4, -0.2) is 18.0 Å². The zero-order valence-electron chi connectivity index (χ0n) is 9.89. The standard InChI is InChI=1S/C12H16Cl2N2O/c1-12(2,15)11(17)16-6-5-8-3-4-9(13)7-10(8)14/h3-4,7H,5-6,15H2,1-2H3,(H,16,17). The van der Waals surface area contributed by atoms with E-state index in [-0.39, 0.29) is 5.91 Å². The lowest BCUT2D eigenvalue weighted by molar-refractivity contribution is -0.125. The van der Waals surface area contributed by atoms with Crippen molar-refractivity contribution in [3.8, 4) is 0 Å². The van der Waals surface area contributed by atoms with E-state index in [1.165, 1.54) is 0 Å². The van der Waals surface area contributed by atoms with Gasteiger partial charge in [-0.25, -0.2) is 0 Å². The third-order valence-corrected chi connectivity index (χ3v) is 2.87. The highest BCUT2D eigenvalue weighted by Gasteiger charge is 2.20. The lowest BCUT2D eigenvalue weighted by Crippen LogP contribution is -2.49. The van der Waals surface area contributed by atoms with E-state index in [1.54, 1.807) is 26.0 Å². The summed E-state index contributed by atoms with van der Waals surface area (Å²) in [6.45, 7) is 3.83. The van der Waals surface area contributed by atoms with Crippen molar-refractivity contribution in [2.24, 2.45) is 5.73 Å². The number of hydrogen-bond acceptors (Lipinski definition) is 2. The molecule has 0 heterocycles. The Labute approximate surface area is 111 Å². The van der Waals surface area contributed by atoms with Crippen LogP contribution < -0.4 is 11.1 Å². The Morgan fingerprint density at radius 1 is 1.41 bits per heavy atom. The molecule has 0 unspecified atom stereocenters. The summed E-state index contributed by atoms with van der Waals surface area (Å²) in [5.74, 6) is -0.178. The Kier molecular flexibility index (Phi) is 4.80. The van der Waals surface area contributed by atoms with E-state index < -0.39 is 5.54 Å². The molecule has 3 nitrogen and oxygen atoms in total. The molecule has 1 aromatic rings. The molecule has 1 aromatic carbocycles. The van der Waals surface area contributed by atoms with Crippen LogP contribution in [0.4, 0.5) is 0 Å². The number of nitrogens with two attached hydrogens (primary N) is 1. The van der Waals surface area contributed by atoms with Crippen molar-refractivity contribution in [3.63, 3.8) is 0 Å². The zero-order chi connectivity index (χ0) is 13.1. The third-order valence-electron chi connectivity index (χ3n) is 2.28. The molecule has 1 rings (SSSR count). The second-order valence-electron chi connectivity index (χ2n) is 4.46. The van der Waals surface area contributed by atoms with E-state index in [0.29, 0.717) is 23.0 Å². The van der Waals surface area contributed by atoms with Crippen LogP contribution in [0.25, 0.3) is 0 Å². The van der Waals surface area contributed by atoms with Gasteiger partial charge in [-0.2, -0.15) is 0 Å². The summed E-state index contributed by atoms with van der Waals surface area (Å²) >= 11 is 11.8. The van der Waals surface area contributed by atoms with Crippen molar-refractivity contribution in [2.75, 3.05) is 6.54 Å².